The molecule has 3 heterocycles. The van der Waals surface area contributed by atoms with Gasteiger partial charge >= 0.3 is 5.97 Å². The average Bonchev–Trinajstić information content (AvgIpc) is 3.20. The molecule has 11 nitrogen and oxygen atoms in total. The van der Waals surface area contributed by atoms with E-state index in [9.17, 15) is 9.90 Å². The minimum absolute atomic E-state index is 0.0610. The fourth-order valence-electron chi connectivity index (χ4n) is 9.50. The number of nitrogens with zero attached hydrogens (tertiary/aromatic N) is 1. The lowest BCUT2D eigenvalue weighted by molar-refractivity contribution is -0.137. The minimum atomic E-state index is -0.720. The molecule has 0 amide bonds. The molecule has 4 N–H and O–H groups in total. The first-order chi connectivity index (χ1) is 28.2. The van der Waals surface area contributed by atoms with Crippen LogP contribution in [0, 0.1) is 0 Å². The van der Waals surface area contributed by atoms with Crippen molar-refractivity contribution in [2.45, 2.75) is 141 Å². The van der Waals surface area contributed by atoms with E-state index >= 15 is 0 Å². The molecule has 3 aliphatic heterocycles. The zero-order valence-corrected chi connectivity index (χ0v) is 36.1. The lowest BCUT2D eigenvalue weighted by Gasteiger charge is -2.44. The molecule has 3 aromatic rings. The Morgan fingerprint density at radius 3 is 1.73 bits per heavy atom. The van der Waals surface area contributed by atoms with Crippen LogP contribution in [0.5, 0.6) is 17.2 Å². The van der Waals surface area contributed by atoms with Crippen molar-refractivity contribution in [1.29, 1.82) is 0 Å². The topological polar surface area (TPSA) is 131 Å². The first kappa shape index (κ1) is 43.4. The summed E-state index contributed by atoms with van der Waals surface area (Å²) in [6, 6.07) is 19.7. The molecule has 3 fully saturated rings. The van der Waals surface area contributed by atoms with Crippen LogP contribution in [0.3, 0.4) is 0 Å². The molecule has 0 bridgehead atoms. The van der Waals surface area contributed by atoms with Crippen LogP contribution in [-0.4, -0.2) is 96.4 Å². The van der Waals surface area contributed by atoms with Gasteiger partial charge < -0.3 is 44.5 Å². The molecule has 9 rings (SSSR count). The van der Waals surface area contributed by atoms with Crippen molar-refractivity contribution in [2.75, 3.05) is 46.0 Å². The molecule has 11 heteroatoms. The highest BCUT2D eigenvalue weighted by Crippen LogP contribution is 2.41. The van der Waals surface area contributed by atoms with Crippen LogP contribution in [0.15, 0.2) is 54.6 Å². The number of carbonyl (C=O) groups is 1. The van der Waals surface area contributed by atoms with E-state index in [0.717, 1.165) is 89.4 Å². The Morgan fingerprint density at radius 2 is 1.19 bits per heavy atom. The Hall–Kier alpha value is -3.71. The van der Waals surface area contributed by atoms with E-state index in [1.54, 1.807) is 6.07 Å². The molecule has 0 radical (unpaired) electrons. The number of benzene rings is 3. The minimum Gasteiger partial charge on any atom is -0.508 e. The molecule has 3 saturated heterocycles. The highest BCUT2D eigenvalue weighted by molar-refractivity contribution is 5.66. The van der Waals surface area contributed by atoms with Gasteiger partial charge in [-0.1, -0.05) is 18.2 Å². The third kappa shape index (κ3) is 11.4. The van der Waals surface area contributed by atoms with Crippen LogP contribution in [0.25, 0.3) is 0 Å². The van der Waals surface area contributed by atoms with Crippen LogP contribution in [0.4, 0.5) is 0 Å². The van der Waals surface area contributed by atoms with Gasteiger partial charge in [-0.2, -0.15) is 0 Å². The predicted octanol–water partition coefficient (Wildman–Crippen LogP) is 7.62. The number of carboxylic acids is 1. The summed E-state index contributed by atoms with van der Waals surface area (Å²) in [4.78, 5) is 13.2. The van der Waals surface area contributed by atoms with Gasteiger partial charge in [0.05, 0.1) is 38.1 Å². The molecular formula is C48H67N3O8. The number of aryl methyl sites for hydroxylation is 3. The molecule has 59 heavy (non-hydrogen) atoms. The Kier molecular flexibility index (Phi) is 13.9. The summed E-state index contributed by atoms with van der Waals surface area (Å²) in [5.41, 5.74) is 7.40. The number of hydrogen-bond donors (Lipinski definition) is 4. The van der Waals surface area contributed by atoms with Gasteiger partial charge in [-0.15, -0.1) is 0 Å². The standard InChI is InChI=1S/C20H29NO4.C16H23NO2.C12H15NO2/c1-20(2,3)25-15-8-6-14-7-9-17-19(16(14)13-15)24-12-11-21(17)10-4-5-18(22)23;1-16(2,3)19-12-6-4-11-5-7-14-15(13(11)10-12)18-9-8-17-14;14-9-3-1-8-2-4-11-12(10(8)7-9)15-6-5-13-11/h6,8,13,17,19H,4-5,7,9-12H2,1-3H3,(H,22,23);4,6,10,14-15,17H,5,7-9H2,1-3H3;1,3,7,11-14H,2,4-6H2/t17-,19-;14-,15-;11-,12-/m111/s1. The van der Waals surface area contributed by atoms with Gasteiger partial charge in [0.1, 0.15) is 28.5 Å². The van der Waals surface area contributed by atoms with Gasteiger partial charge in [0, 0.05) is 44.2 Å². The van der Waals surface area contributed by atoms with E-state index in [-0.39, 0.29) is 35.9 Å². The van der Waals surface area contributed by atoms with Crippen LogP contribution < -0.4 is 20.1 Å². The predicted molar refractivity (Wildman–Crippen MR) is 229 cm³/mol. The van der Waals surface area contributed by atoms with Gasteiger partial charge in [-0.05, 0) is 163 Å². The van der Waals surface area contributed by atoms with E-state index in [1.165, 1.54) is 33.4 Å². The van der Waals surface area contributed by atoms with Crippen molar-refractivity contribution >= 4 is 5.97 Å². The third-order valence-electron chi connectivity index (χ3n) is 12.0. The fourth-order valence-corrected chi connectivity index (χ4v) is 9.50. The van der Waals surface area contributed by atoms with Crippen LogP contribution >= 0.6 is 0 Å². The van der Waals surface area contributed by atoms with Gasteiger partial charge in [-0.25, -0.2) is 0 Å². The SMILES string of the molecule is CC(C)(C)Oc1ccc2c(c1)[C@H]1OCCN(CCCC(=O)O)[C@@H]1CC2.CC(C)(C)Oc1ccc2c(c1)[C@H]1OCCN[C@@H]1CC2.Oc1ccc2c(c1)[C@H]1OCCN[C@@H]1CC2. The molecule has 322 valence electrons. The quantitative estimate of drug-likeness (QED) is 0.196. The van der Waals surface area contributed by atoms with Crippen LogP contribution in [0.1, 0.15) is 125 Å². The van der Waals surface area contributed by atoms with Gasteiger partial charge in [0.15, 0.2) is 0 Å². The first-order valence-electron chi connectivity index (χ1n) is 21.9. The second kappa shape index (κ2) is 18.9. The van der Waals surface area contributed by atoms with Crippen molar-refractivity contribution < 1.29 is 38.7 Å². The van der Waals surface area contributed by atoms with Crippen LogP contribution in [-0.2, 0) is 38.3 Å². The number of phenolic OH excluding ortho intramolecular Hbond substituents is 1. The van der Waals surface area contributed by atoms with Crippen molar-refractivity contribution in [3.8, 4) is 17.2 Å². The lowest BCUT2D eigenvalue weighted by Crippen LogP contribution is -2.49. The summed E-state index contributed by atoms with van der Waals surface area (Å²) in [5, 5.41) is 25.4. The highest BCUT2D eigenvalue weighted by atomic mass is 16.5. The zero-order chi connectivity index (χ0) is 41.7. The number of hydrogen-bond acceptors (Lipinski definition) is 10. The van der Waals surface area contributed by atoms with E-state index in [0.29, 0.717) is 36.9 Å². The van der Waals surface area contributed by atoms with E-state index < -0.39 is 5.97 Å². The number of morpholine rings is 3. The maximum absolute atomic E-state index is 10.8. The summed E-state index contributed by atoms with van der Waals surface area (Å²) in [5.74, 6) is 1.45. The Morgan fingerprint density at radius 1 is 0.695 bits per heavy atom. The summed E-state index contributed by atoms with van der Waals surface area (Å²) in [6.07, 6.45) is 7.90. The van der Waals surface area contributed by atoms with Crippen molar-refractivity contribution in [3.05, 3.63) is 88.0 Å². The third-order valence-corrected chi connectivity index (χ3v) is 12.0. The number of aromatic hydroxyl groups is 1. The average molecular weight is 814 g/mol. The van der Waals surface area contributed by atoms with Crippen molar-refractivity contribution in [3.63, 3.8) is 0 Å². The smallest absolute Gasteiger partial charge is 0.303 e. The molecule has 3 aromatic carbocycles. The maximum Gasteiger partial charge on any atom is 0.303 e. The molecule has 0 spiro atoms. The Balaban J connectivity index is 0.000000139. The zero-order valence-electron chi connectivity index (χ0n) is 36.1. The molecule has 0 unspecified atom stereocenters. The van der Waals surface area contributed by atoms with Gasteiger partial charge in [-0.3, -0.25) is 9.69 Å². The molecule has 6 atom stereocenters. The summed E-state index contributed by atoms with van der Waals surface area (Å²) in [7, 11) is 0. The second-order valence-electron chi connectivity index (χ2n) is 18.7. The number of ether oxygens (including phenoxy) is 5. The second-order valence-corrected chi connectivity index (χ2v) is 18.7. The molecule has 6 aliphatic rings. The van der Waals surface area contributed by atoms with E-state index in [2.05, 4.69) is 93.5 Å². The largest absolute Gasteiger partial charge is 0.508 e. The highest BCUT2D eigenvalue weighted by Gasteiger charge is 2.38. The Labute approximate surface area is 351 Å². The van der Waals surface area contributed by atoms with E-state index in [4.69, 9.17) is 28.8 Å². The first-order valence-corrected chi connectivity index (χ1v) is 21.9. The van der Waals surface area contributed by atoms with Crippen molar-refractivity contribution in [2.24, 2.45) is 0 Å². The van der Waals surface area contributed by atoms with Gasteiger partial charge in [0.2, 0.25) is 0 Å². The molecule has 0 aromatic heterocycles. The summed E-state index contributed by atoms with van der Waals surface area (Å²) < 4.78 is 29.9. The molecule has 0 saturated carbocycles. The van der Waals surface area contributed by atoms with Crippen LogP contribution in [0.2, 0.25) is 0 Å². The number of aliphatic carboxylic acids is 1. The van der Waals surface area contributed by atoms with E-state index in [1.807, 2.05) is 12.1 Å². The fraction of sp³-hybridized carbons (Fsp3) is 0.604. The van der Waals surface area contributed by atoms with Crippen molar-refractivity contribution in [1.82, 2.24) is 15.5 Å². The normalized spacial score (nSPS) is 26.0. The number of rotatable bonds is 6. The number of nitrogens with one attached hydrogen (secondary N) is 2. The summed E-state index contributed by atoms with van der Waals surface area (Å²) >= 11 is 0. The number of fused-ring (bicyclic) bond motifs is 9. The molecule has 3 aliphatic carbocycles. The monoisotopic (exact) mass is 813 g/mol. The summed E-state index contributed by atoms with van der Waals surface area (Å²) in [6.45, 7) is 18.3. The molecular weight excluding hydrogens is 747 g/mol. The number of phenols is 1. The maximum atomic E-state index is 10.8. The van der Waals surface area contributed by atoms with Gasteiger partial charge in [0.25, 0.3) is 0 Å². The Bertz CT molecular complexity index is 1890. The number of carboxylic acid groups (broad SMARTS) is 1. The lowest BCUT2D eigenvalue weighted by atomic mass is 9.84.